The van der Waals surface area contributed by atoms with Crippen molar-refractivity contribution in [2.45, 2.75) is 26.4 Å². The molecule has 2 aromatic rings. The first-order valence-electron chi connectivity index (χ1n) is 6.17. The van der Waals surface area contributed by atoms with Crippen LogP contribution in [-0.2, 0) is 6.54 Å². The average Bonchev–Trinajstić information content (AvgIpc) is 2.81. The van der Waals surface area contributed by atoms with E-state index in [2.05, 4.69) is 15.5 Å². The zero-order chi connectivity index (χ0) is 13.8. The quantitative estimate of drug-likeness (QED) is 0.872. The molecular formula is C14H18FN3O. The second-order valence-corrected chi connectivity index (χ2v) is 4.52. The fourth-order valence-corrected chi connectivity index (χ4v) is 1.89. The number of aromatic amines is 1. The standard InChI is InChI=1S/C14H18FN3O/c1-9(16-7-12-8-17-18-10(12)2)11-4-5-14(19-3)13(15)6-11/h4-6,8-9,16H,7H2,1-3H3,(H,17,18). The number of methoxy groups -OCH3 is 1. The Labute approximate surface area is 112 Å². The van der Waals surface area contributed by atoms with E-state index in [0.29, 0.717) is 6.54 Å². The molecule has 4 nitrogen and oxygen atoms in total. The molecule has 0 amide bonds. The summed E-state index contributed by atoms with van der Waals surface area (Å²) in [6.45, 7) is 4.66. The van der Waals surface area contributed by atoms with Crippen molar-refractivity contribution in [1.29, 1.82) is 0 Å². The summed E-state index contributed by atoms with van der Waals surface area (Å²) in [6, 6.07) is 5.06. The Balaban J connectivity index is 2.02. The maximum Gasteiger partial charge on any atom is 0.165 e. The molecule has 0 aliphatic rings. The number of nitrogens with one attached hydrogen (secondary N) is 2. The van der Waals surface area contributed by atoms with Gasteiger partial charge in [-0.15, -0.1) is 0 Å². The van der Waals surface area contributed by atoms with Gasteiger partial charge < -0.3 is 10.1 Å². The number of halogens is 1. The minimum atomic E-state index is -0.340. The number of ether oxygens (including phenoxy) is 1. The highest BCUT2D eigenvalue weighted by molar-refractivity contribution is 5.30. The lowest BCUT2D eigenvalue weighted by Crippen LogP contribution is -2.18. The number of H-pyrrole nitrogens is 1. The summed E-state index contributed by atoms with van der Waals surface area (Å²) in [6.07, 6.45) is 1.80. The average molecular weight is 263 g/mol. The zero-order valence-electron chi connectivity index (χ0n) is 11.3. The largest absolute Gasteiger partial charge is 0.494 e. The lowest BCUT2D eigenvalue weighted by Gasteiger charge is -2.15. The highest BCUT2D eigenvalue weighted by atomic mass is 19.1. The van der Waals surface area contributed by atoms with Crippen LogP contribution in [0.3, 0.4) is 0 Å². The number of nitrogens with zero attached hydrogens (tertiary/aromatic N) is 1. The van der Waals surface area contributed by atoms with Gasteiger partial charge in [0.25, 0.3) is 0 Å². The van der Waals surface area contributed by atoms with Crippen molar-refractivity contribution >= 4 is 0 Å². The van der Waals surface area contributed by atoms with Crippen molar-refractivity contribution in [3.8, 4) is 5.75 Å². The van der Waals surface area contributed by atoms with Gasteiger partial charge >= 0.3 is 0 Å². The number of hydrogen-bond donors (Lipinski definition) is 2. The molecule has 0 aliphatic heterocycles. The van der Waals surface area contributed by atoms with Crippen LogP contribution in [0.4, 0.5) is 4.39 Å². The molecule has 19 heavy (non-hydrogen) atoms. The summed E-state index contributed by atoms with van der Waals surface area (Å²) < 4.78 is 18.5. The Morgan fingerprint density at radius 3 is 2.84 bits per heavy atom. The highest BCUT2D eigenvalue weighted by Crippen LogP contribution is 2.22. The molecule has 1 aromatic heterocycles. The first kappa shape index (κ1) is 13.5. The van der Waals surface area contributed by atoms with E-state index < -0.39 is 0 Å². The van der Waals surface area contributed by atoms with Crippen molar-refractivity contribution in [3.63, 3.8) is 0 Å². The number of hydrogen-bond acceptors (Lipinski definition) is 3. The summed E-state index contributed by atoms with van der Waals surface area (Å²) in [5.41, 5.74) is 3.04. The van der Waals surface area contributed by atoms with Crippen LogP contribution in [0.5, 0.6) is 5.75 Å². The van der Waals surface area contributed by atoms with Crippen LogP contribution in [0.1, 0.15) is 29.8 Å². The van der Waals surface area contributed by atoms with E-state index >= 15 is 0 Å². The fourth-order valence-electron chi connectivity index (χ4n) is 1.89. The number of rotatable bonds is 5. The van der Waals surface area contributed by atoms with Crippen molar-refractivity contribution < 1.29 is 9.13 Å². The monoisotopic (exact) mass is 263 g/mol. The van der Waals surface area contributed by atoms with E-state index in [1.54, 1.807) is 12.3 Å². The summed E-state index contributed by atoms with van der Waals surface area (Å²) in [5, 5.41) is 10.2. The van der Waals surface area contributed by atoms with Gasteiger partial charge in [0.15, 0.2) is 11.6 Å². The van der Waals surface area contributed by atoms with E-state index in [4.69, 9.17) is 4.74 Å². The van der Waals surface area contributed by atoms with Crippen molar-refractivity contribution in [3.05, 3.63) is 47.0 Å². The summed E-state index contributed by atoms with van der Waals surface area (Å²) in [4.78, 5) is 0. The minimum absolute atomic E-state index is 0.0507. The van der Waals surface area contributed by atoms with Crippen LogP contribution >= 0.6 is 0 Å². The molecule has 2 rings (SSSR count). The molecule has 0 saturated carbocycles. The van der Waals surface area contributed by atoms with Gasteiger partial charge in [-0.05, 0) is 31.5 Å². The topological polar surface area (TPSA) is 49.9 Å². The van der Waals surface area contributed by atoms with Crippen LogP contribution in [-0.4, -0.2) is 17.3 Å². The van der Waals surface area contributed by atoms with Crippen LogP contribution in [0, 0.1) is 12.7 Å². The molecule has 2 N–H and O–H groups in total. The molecule has 0 spiro atoms. The van der Waals surface area contributed by atoms with Crippen LogP contribution in [0.25, 0.3) is 0 Å². The molecule has 0 aliphatic carbocycles. The SMILES string of the molecule is COc1ccc(C(C)NCc2cn[nH]c2C)cc1F. The van der Waals surface area contributed by atoms with E-state index in [9.17, 15) is 4.39 Å². The van der Waals surface area contributed by atoms with Gasteiger partial charge in [-0.25, -0.2) is 4.39 Å². The third kappa shape index (κ3) is 3.12. The Kier molecular flexibility index (Phi) is 4.16. The predicted octanol–water partition coefficient (Wildman–Crippen LogP) is 2.72. The molecule has 0 fully saturated rings. The molecule has 102 valence electrons. The van der Waals surface area contributed by atoms with Crippen LogP contribution in [0.15, 0.2) is 24.4 Å². The minimum Gasteiger partial charge on any atom is -0.494 e. The van der Waals surface area contributed by atoms with E-state index in [1.165, 1.54) is 13.2 Å². The molecule has 1 heterocycles. The van der Waals surface area contributed by atoms with E-state index in [-0.39, 0.29) is 17.6 Å². The second kappa shape index (κ2) is 5.84. The number of aromatic nitrogens is 2. The van der Waals surface area contributed by atoms with Gasteiger partial charge in [-0.2, -0.15) is 5.10 Å². The van der Waals surface area contributed by atoms with Crippen LogP contribution < -0.4 is 10.1 Å². The Bertz CT molecular complexity index is 553. The molecule has 1 aromatic carbocycles. The van der Waals surface area contributed by atoms with Gasteiger partial charge in [0.05, 0.1) is 13.3 Å². The Morgan fingerprint density at radius 2 is 2.26 bits per heavy atom. The van der Waals surface area contributed by atoms with E-state index in [1.807, 2.05) is 19.9 Å². The Morgan fingerprint density at radius 1 is 1.47 bits per heavy atom. The smallest absolute Gasteiger partial charge is 0.165 e. The molecule has 0 radical (unpaired) electrons. The van der Waals surface area contributed by atoms with Crippen molar-refractivity contribution in [2.24, 2.45) is 0 Å². The summed E-state index contributed by atoms with van der Waals surface area (Å²) in [5.74, 6) is -0.0743. The second-order valence-electron chi connectivity index (χ2n) is 4.52. The lowest BCUT2D eigenvalue weighted by atomic mass is 10.1. The fraction of sp³-hybridized carbons (Fsp3) is 0.357. The number of aryl methyl sites for hydroxylation is 1. The first-order chi connectivity index (χ1) is 9.11. The van der Waals surface area contributed by atoms with Gasteiger partial charge in [0.2, 0.25) is 0 Å². The predicted molar refractivity (Wildman–Crippen MR) is 71.5 cm³/mol. The van der Waals surface area contributed by atoms with Gasteiger partial charge in [0, 0.05) is 23.8 Å². The van der Waals surface area contributed by atoms with Gasteiger partial charge in [-0.1, -0.05) is 6.07 Å². The zero-order valence-corrected chi connectivity index (χ0v) is 11.3. The molecule has 5 heteroatoms. The molecule has 1 atom stereocenters. The molecule has 1 unspecified atom stereocenters. The molecular weight excluding hydrogens is 245 g/mol. The maximum atomic E-state index is 13.6. The first-order valence-corrected chi connectivity index (χ1v) is 6.17. The Hall–Kier alpha value is -1.88. The van der Waals surface area contributed by atoms with E-state index in [0.717, 1.165) is 16.8 Å². The van der Waals surface area contributed by atoms with Gasteiger partial charge in [-0.3, -0.25) is 5.10 Å². The maximum absolute atomic E-state index is 13.6. The number of benzene rings is 1. The normalized spacial score (nSPS) is 12.4. The molecule has 0 bridgehead atoms. The lowest BCUT2D eigenvalue weighted by molar-refractivity contribution is 0.385. The highest BCUT2D eigenvalue weighted by Gasteiger charge is 2.10. The van der Waals surface area contributed by atoms with Gasteiger partial charge in [0.1, 0.15) is 0 Å². The third-order valence-corrected chi connectivity index (χ3v) is 3.21. The van der Waals surface area contributed by atoms with Crippen LogP contribution in [0.2, 0.25) is 0 Å². The van der Waals surface area contributed by atoms with Crippen molar-refractivity contribution in [2.75, 3.05) is 7.11 Å². The third-order valence-electron chi connectivity index (χ3n) is 3.21. The summed E-state index contributed by atoms with van der Waals surface area (Å²) in [7, 11) is 1.46. The summed E-state index contributed by atoms with van der Waals surface area (Å²) >= 11 is 0. The van der Waals surface area contributed by atoms with Crippen molar-refractivity contribution in [1.82, 2.24) is 15.5 Å². The molecule has 0 saturated heterocycles.